The fraction of sp³-hybridized carbons (Fsp3) is 0.464. The van der Waals surface area contributed by atoms with Gasteiger partial charge in [0, 0.05) is 42.6 Å². The number of fused-ring (bicyclic) bond motifs is 1. The van der Waals surface area contributed by atoms with Crippen LogP contribution in [0.25, 0.3) is 10.9 Å². The average molecular weight is 532 g/mol. The SMILES string of the molecule is CCOc1ccc2[nH]c(=O)c([C@H](c3nnnn3C3CCCCC3)N3CCN(C(=O)c4ccco4)CC3)cc2c1. The van der Waals surface area contributed by atoms with Crippen molar-refractivity contribution in [1.82, 2.24) is 35.0 Å². The predicted octanol–water partition coefficient (Wildman–Crippen LogP) is 3.56. The lowest BCUT2D eigenvalue weighted by Crippen LogP contribution is -2.51. The maximum absolute atomic E-state index is 13.6. The molecule has 1 N–H and O–H groups in total. The summed E-state index contributed by atoms with van der Waals surface area (Å²) in [6.45, 7) is 4.62. The Morgan fingerprint density at radius 3 is 2.69 bits per heavy atom. The van der Waals surface area contributed by atoms with E-state index in [9.17, 15) is 9.59 Å². The van der Waals surface area contributed by atoms with Crippen molar-refractivity contribution in [2.24, 2.45) is 0 Å². The van der Waals surface area contributed by atoms with E-state index in [-0.39, 0.29) is 17.5 Å². The summed E-state index contributed by atoms with van der Waals surface area (Å²) in [6.07, 6.45) is 7.03. The molecule has 204 valence electrons. The van der Waals surface area contributed by atoms with E-state index < -0.39 is 6.04 Å². The van der Waals surface area contributed by atoms with Crippen molar-refractivity contribution in [3.8, 4) is 5.75 Å². The molecule has 4 heterocycles. The Bertz CT molecular complexity index is 1480. The van der Waals surface area contributed by atoms with Gasteiger partial charge >= 0.3 is 0 Å². The number of tetrazole rings is 1. The molecule has 11 heteroatoms. The quantitative estimate of drug-likeness (QED) is 0.384. The number of pyridine rings is 1. The van der Waals surface area contributed by atoms with Crippen molar-refractivity contribution in [3.05, 3.63) is 70.2 Å². The Labute approximate surface area is 225 Å². The molecule has 0 radical (unpaired) electrons. The van der Waals surface area contributed by atoms with Crippen LogP contribution in [-0.2, 0) is 0 Å². The topological polar surface area (TPSA) is 122 Å². The molecule has 6 rings (SSSR count). The molecule has 39 heavy (non-hydrogen) atoms. The normalized spacial score (nSPS) is 17.9. The van der Waals surface area contributed by atoms with E-state index >= 15 is 0 Å². The van der Waals surface area contributed by atoms with Crippen LogP contribution < -0.4 is 10.3 Å². The number of benzene rings is 1. The second kappa shape index (κ2) is 11.0. The lowest BCUT2D eigenvalue weighted by molar-refractivity contribution is 0.0556. The summed E-state index contributed by atoms with van der Waals surface area (Å²) in [5, 5.41) is 13.9. The van der Waals surface area contributed by atoms with E-state index in [2.05, 4.69) is 25.4 Å². The lowest BCUT2D eigenvalue weighted by Gasteiger charge is -2.38. The number of nitrogens with one attached hydrogen (secondary N) is 1. The maximum atomic E-state index is 13.6. The summed E-state index contributed by atoms with van der Waals surface area (Å²) in [5.41, 5.74) is 1.14. The zero-order valence-corrected chi connectivity index (χ0v) is 22.1. The highest BCUT2D eigenvalue weighted by molar-refractivity contribution is 5.91. The first kappa shape index (κ1) is 25.3. The summed E-state index contributed by atoms with van der Waals surface area (Å²) in [6, 6.07) is 10.7. The zero-order chi connectivity index (χ0) is 26.8. The van der Waals surface area contributed by atoms with Crippen molar-refractivity contribution in [2.75, 3.05) is 32.8 Å². The van der Waals surface area contributed by atoms with Gasteiger partial charge in [-0.05, 0) is 66.6 Å². The van der Waals surface area contributed by atoms with Gasteiger partial charge in [0.15, 0.2) is 11.6 Å². The number of carbonyl (C=O) groups excluding carboxylic acids is 1. The van der Waals surface area contributed by atoms with Crippen LogP contribution in [-0.4, -0.2) is 73.7 Å². The molecular weight excluding hydrogens is 498 g/mol. The van der Waals surface area contributed by atoms with Crippen LogP contribution in [0.5, 0.6) is 5.75 Å². The standard InChI is InChI=1S/C28H33N7O4/c1-2-38-21-10-11-23-19(17-21)18-22(27(36)29-23)25(26-30-31-32-35(26)20-7-4-3-5-8-20)33-12-14-34(15-13-33)28(37)24-9-6-16-39-24/h6,9-11,16-18,20,25H,2-5,7-8,12-15H2,1H3,(H,29,36)/t25-/m1/s1. The van der Waals surface area contributed by atoms with E-state index in [1.54, 1.807) is 17.0 Å². The molecule has 2 fully saturated rings. The number of hydrogen-bond acceptors (Lipinski definition) is 8. The van der Waals surface area contributed by atoms with Gasteiger partial charge in [0.1, 0.15) is 11.8 Å². The molecule has 0 bridgehead atoms. The van der Waals surface area contributed by atoms with Crippen molar-refractivity contribution in [2.45, 2.75) is 51.1 Å². The van der Waals surface area contributed by atoms with E-state index in [0.717, 1.165) is 42.3 Å². The van der Waals surface area contributed by atoms with Crippen molar-refractivity contribution < 1.29 is 13.9 Å². The number of ether oxygens (including phenoxy) is 1. The molecule has 1 saturated heterocycles. The van der Waals surface area contributed by atoms with Crippen molar-refractivity contribution >= 4 is 16.8 Å². The fourth-order valence-corrected chi connectivity index (χ4v) is 5.87. The number of aromatic amines is 1. The lowest BCUT2D eigenvalue weighted by atomic mass is 9.95. The Morgan fingerprint density at radius 1 is 1.13 bits per heavy atom. The average Bonchev–Trinajstić information content (AvgIpc) is 3.68. The number of furan rings is 1. The van der Waals surface area contributed by atoms with E-state index in [4.69, 9.17) is 9.15 Å². The molecule has 11 nitrogen and oxygen atoms in total. The van der Waals surface area contributed by atoms with E-state index in [0.29, 0.717) is 49.9 Å². The summed E-state index contributed by atoms with van der Waals surface area (Å²) in [4.78, 5) is 33.5. The van der Waals surface area contributed by atoms with Gasteiger partial charge in [-0.2, -0.15) is 0 Å². The second-order valence-corrected chi connectivity index (χ2v) is 10.2. The Kier molecular flexibility index (Phi) is 7.14. The highest BCUT2D eigenvalue weighted by Crippen LogP contribution is 2.34. The van der Waals surface area contributed by atoms with Gasteiger partial charge in [-0.3, -0.25) is 14.5 Å². The monoisotopic (exact) mass is 531 g/mol. The van der Waals surface area contributed by atoms with Crippen LogP contribution in [0.4, 0.5) is 0 Å². The summed E-state index contributed by atoms with van der Waals surface area (Å²) in [7, 11) is 0. The molecule has 3 aromatic heterocycles. The number of rotatable bonds is 7. The van der Waals surface area contributed by atoms with Gasteiger partial charge in [-0.15, -0.1) is 5.10 Å². The molecule has 1 atom stereocenters. The highest BCUT2D eigenvalue weighted by atomic mass is 16.5. The van der Waals surface area contributed by atoms with Gasteiger partial charge in [0.25, 0.3) is 11.5 Å². The first-order valence-corrected chi connectivity index (χ1v) is 13.8. The maximum Gasteiger partial charge on any atom is 0.289 e. The number of carbonyl (C=O) groups is 1. The number of amides is 1. The fourth-order valence-electron chi connectivity index (χ4n) is 5.87. The van der Waals surface area contributed by atoms with E-state index in [1.807, 2.05) is 35.9 Å². The van der Waals surface area contributed by atoms with Crippen molar-refractivity contribution in [1.29, 1.82) is 0 Å². The number of H-pyrrole nitrogens is 1. The molecule has 1 aliphatic carbocycles. The van der Waals surface area contributed by atoms with Crippen LogP contribution >= 0.6 is 0 Å². The first-order chi connectivity index (χ1) is 19.1. The highest BCUT2D eigenvalue weighted by Gasteiger charge is 2.35. The largest absolute Gasteiger partial charge is 0.494 e. The number of aromatic nitrogens is 5. The molecule has 1 aromatic carbocycles. The van der Waals surface area contributed by atoms with Gasteiger partial charge in [-0.1, -0.05) is 19.3 Å². The van der Waals surface area contributed by atoms with Crippen molar-refractivity contribution in [3.63, 3.8) is 0 Å². The van der Waals surface area contributed by atoms with Gasteiger partial charge in [0.05, 0.1) is 18.9 Å². The smallest absolute Gasteiger partial charge is 0.289 e. The number of hydrogen-bond donors (Lipinski definition) is 1. The van der Waals surface area contributed by atoms with Gasteiger partial charge in [-0.25, -0.2) is 4.68 Å². The number of nitrogens with zero attached hydrogens (tertiary/aromatic N) is 6. The molecule has 1 saturated carbocycles. The third kappa shape index (κ3) is 5.06. The van der Waals surface area contributed by atoms with Gasteiger partial charge in [0.2, 0.25) is 0 Å². The second-order valence-electron chi connectivity index (χ2n) is 10.2. The molecule has 4 aromatic rings. The first-order valence-electron chi connectivity index (χ1n) is 13.8. The Balaban J connectivity index is 1.37. The van der Waals surface area contributed by atoms with Crippen LogP contribution in [0.1, 0.15) is 73.1 Å². The summed E-state index contributed by atoms with van der Waals surface area (Å²) in [5.74, 6) is 1.61. The van der Waals surface area contributed by atoms with Crippen LogP contribution in [0, 0.1) is 0 Å². The molecule has 0 spiro atoms. The molecule has 2 aliphatic rings. The molecule has 1 amide bonds. The zero-order valence-electron chi connectivity index (χ0n) is 22.1. The minimum Gasteiger partial charge on any atom is -0.494 e. The predicted molar refractivity (Wildman–Crippen MR) is 144 cm³/mol. The minimum absolute atomic E-state index is 0.129. The Hall–Kier alpha value is -3.99. The van der Waals surface area contributed by atoms with Crippen LogP contribution in [0.3, 0.4) is 0 Å². The van der Waals surface area contributed by atoms with E-state index in [1.165, 1.54) is 12.7 Å². The Morgan fingerprint density at radius 2 is 1.95 bits per heavy atom. The summed E-state index contributed by atoms with van der Waals surface area (Å²) < 4.78 is 13.0. The van der Waals surface area contributed by atoms with Crippen LogP contribution in [0.15, 0.2) is 51.9 Å². The minimum atomic E-state index is -0.466. The summed E-state index contributed by atoms with van der Waals surface area (Å²) >= 11 is 0. The molecular formula is C28H33N7O4. The number of piperazine rings is 1. The van der Waals surface area contributed by atoms with Crippen LogP contribution in [0.2, 0.25) is 0 Å². The molecule has 1 aliphatic heterocycles. The molecule has 0 unspecified atom stereocenters. The third-order valence-corrected chi connectivity index (χ3v) is 7.83. The third-order valence-electron chi connectivity index (χ3n) is 7.83. The van der Waals surface area contributed by atoms with Gasteiger partial charge < -0.3 is 19.0 Å².